The Labute approximate surface area is 93.8 Å². The summed E-state index contributed by atoms with van der Waals surface area (Å²) in [5, 5.41) is 0. The van der Waals surface area contributed by atoms with Crippen molar-refractivity contribution in [3.63, 3.8) is 0 Å². The summed E-state index contributed by atoms with van der Waals surface area (Å²) in [6, 6.07) is 3.72. The quantitative estimate of drug-likeness (QED) is 0.785. The van der Waals surface area contributed by atoms with Crippen LogP contribution in [0, 0.1) is 18.1 Å². The van der Waals surface area contributed by atoms with Crippen molar-refractivity contribution >= 4 is 0 Å². The summed E-state index contributed by atoms with van der Waals surface area (Å²) < 4.78 is 31.6. The lowest BCUT2D eigenvalue weighted by molar-refractivity contribution is 0.114. The molecule has 1 heterocycles. The average molecular weight is 226 g/mol. The molecule has 0 aromatic heterocycles. The van der Waals surface area contributed by atoms with E-state index >= 15 is 0 Å². The van der Waals surface area contributed by atoms with E-state index in [2.05, 4.69) is 6.42 Å². The van der Waals surface area contributed by atoms with Gasteiger partial charge in [0.1, 0.15) is 6.73 Å². The molecule has 1 aromatic rings. The minimum atomic E-state index is -0.652. The number of likely N-dealkylation sites (tertiary alicyclic amines) is 1. The highest BCUT2D eigenvalue weighted by atomic mass is 19.1. The summed E-state index contributed by atoms with van der Waals surface area (Å²) >= 11 is 0. The maximum Gasteiger partial charge on any atom is 0.192 e. The predicted octanol–water partition coefficient (Wildman–Crippen LogP) is 2.60. The van der Waals surface area contributed by atoms with Crippen molar-refractivity contribution in [2.24, 2.45) is 0 Å². The number of ether oxygens (including phenoxy) is 1. The van der Waals surface area contributed by atoms with Gasteiger partial charge in [0.25, 0.3) is 0 Å². The van der Waals surface area contributed by atoms with Gasteiger partial charge in [0.15, 0.2) is 17.4 Å². The third-order valence-electron chi connectivity index (χ3n) is 2.58. The summed E-state index contributed by atoms with van der Waals surface area (Å²) in [6.45, 7) is 1.96. The minimum Gasteiger partial charge on any atom is -0.472 e. The molecule has 1 radical (unpaired) electrons. The maximum absolute atomic E-state index is 13.2. The van der Waals surface area contributed by atoms with Crippen molar-refractivity contribution in [3.8, 4) is 5.75 Å². The van der Waals surface area contributed by atoms with Crippen LogP contribution in [0.4, 0.5) is 8.78 Å². The number of nitrogens with zero attached hydrogens (tertiary/aromatic N) is 1. The Morgan fingerprint density at radius 2 is 2.00 bits per heavy atom. The Morgan fingerprint density at radius 3 is 2.62 bits per heavy atom. The number of rotatable bonds is 3. The first-order chi connectivity index (χ1) is 7.77. The fourth-order valence-corrected chi connectivity index (χ4v) is 1.72. The molecular weight excluding hydrogens is 212 g/mol. The molecule has 1 fully saturated rings. The summed E-state index contributed by atoms with van der Waals surface area (Å²) in [7, 11) is 0. The molecule has 4 heteroatoms. The van der Waals surface area contributed by atoms with Gasteiger partial charge in [-0.25, -0.2) is 8.78 Å². The van der Waals surface area contributed by atoms with Gasteiger partial charge in [-0.05, 0) is 31.4 Å². The second-order valence-corrected chi connectivity index (χ2v) is 3.83. The highest BCUT2D eigenvalue weighted by Crippen LogP contribution is 2.21. The standard InChI is InChI=1S/C12H14F2NO/c13-10-5-4-6-11(14)12(10)16-9-15-7-2-1-3-8-15/h2,4-6H,1,3,7-9H2. The summed E-state index contributed by atoms with van der Waals surface area (Å²) in [5.41, 5.74) is 0. The molecule has 16 heavy (non-hydrogen) atoms. The van der Waals surface area contributed by atoms with Crippen molar-refractivity contribution in [1.82, 2.24) is 4.90 Å². The molecule has 0 aliphatic carbocycles. The predicted molar refractivity (Wildman–Crippen MR) is 57.0 cm³/mol. The Morgan fingerprint density at radius 1 is 1.25 bits per heavy atom. The minimum absolute atomic E-state index is 0.231. The number of halogens is 2. The largest absolute Gasteiger partial charge is 0.472 e. The van der Waals surface area contributed by atoms with E-state index < -0.39 is 11.6 Å². The van der Waals surface area contributed by atoms with Crippen LogP contribution in [0.25, 0.3) is 0 Å². The van der Waals surface area contributed by atoms with E-state index in [4.69, 9.17) is 4.74 Å². The molecule has 0 amide bonds. The molecule has 1 aliphatic rings. The van der Waals surface area contributed by atoms with Gasteiger partial charge in [0.2, 0.25) is 0 Å². The van der Waals surface area contributed by atoms with Gasteiger partial charge < -0.3 is 4.74 Å². The number of hydrogen-bond acceptors (Lipinski definition) is 2. The Bertz CT molecular complexity index is 331. The molecule has 0 atom stereocenters. The van der Waals surface area contributed by atoms with E-state index in [1.54, 1.807) is 0 Å². The van der Waals surface area contributed by atoms with Gasteiger partial charge in [0, 0.05) is 13.1 Å². The number of hydrogen-bond donors (Lipinski definition) is 0. The summed E-state index contributed by atoms with van der Waals surface area (Å²) in [4.78, 5) is 2.01. The van der Waals surface area contributed by atoms with E-state index in [1.807, 2.05) is 4.90 Å². The zero-order valence-electron chi connectivity index (χ0n) is 8.96. The van der Waals surface area contributed by atoms with Crippen LogP contribution in [0.2, 0.25) is 0 Å². The van der Waals surface area contributed by atoms with Gasteiger partial charge in [0.05, 0.1) is 0 Å². The third kappa shape index (κ3) is 2.70. The topological polar surface area (TPSA) is 12.5 Å². The number of para-hydroxylation sites is 1. The Kier molecular flexibility index (Phi) is 3.72. The highest BCUT2D eigenvalue weighted by molar-refractivity contribution is 5.25. The van der Waals surface area contributed by atoms with Crippen LogP contribution in [0.1, 0.15) is 12.8 Å². The lowest BCUT2D eigenvalue weighted by atomic mass is 10.1. The van der Waals surface area contributed by atoms with Crippen LogP contribution in [-0.2, 0) is 0 Å². The van der Waals surface area contributed by atoms with Crippen molar-refractivity contribution in [2.75, 3.05) is 19.8 Å². The third-order valence-corrected chi connectivity index (χ3v) is 2.58. The first-order valence-electron chi connectivity index (χ1n) is 5.38. The van der Waals surface area contributed by atoms with E-state index in [9.17, 15) is 8.78 Å². The summed E-state index contributed by atoms with van der Waals surface area (Å²) in [5.74, 6) is -1.59. The van der Waals surface area contributed by atoms with Crippen LogP contribution < -0.4 is 4.74 Å². The molecule has 0 saturated carbocycles. The SMILES string of the molecule is Fc1cccc(F)c1OCN1C[CH]CCC1. The van der Waals surface area contributed by atoms with E-state index in [0.717, 1.165) is 25.9 Å². The molecule has 0 unspecified atom stereocenters. The van der Waals surface area contributed by atoms with Crippen LogP contribution >= 0.6 is 0 Å². The van der Waals surface area contributed by atoms with Crippen molar-refractivity contribution < 1.29 is 13.5 Å². The molecule has 2 rings (SSSR count). The maximum atomic E-state index is 13.2. The Balaban J connectivity index is 1.93. The zero-order chi connectivity index (χ0) is 11.4. The molecule has 0 spiro atoms. The van der Waals surface area contributed by atoms with Gasteiger partial charge in [-0.3, -0.25) is 4.90 Å². The molecule has 1 aliphatic heterocycles. The monoisotopic (exact) mass is 226 g/mol. The van der Waals surface area contributed by atoms with Crippen molar-refractivity contribution in [2.45, 2.75) is 12.8 Å². The normalized spacial score (nSPS) is 17.4. The number of benzene rings is 1. The summed E-state index contributed by atoms with van der Waals surface area (Å²) in [6.07, 6.45) is 4.32. The van der Waals surface area contributed by atoms with Crippen molar-refractivity contribution in [3.05, 3.63) is 36.3 Å². The van der Waals surface area contributed by atoms with Gasteiger partial charge >= 0.3 is 0 Å². The van der Waals surface area contributed by atoms with Crippen LogP contribution in [0.15, 0.2) is 18.2 Å². The van der Waals surface area contributed by atoms with Gasteiger partial charge in [-0.1, -0.05) is 6.07 Å². The van der Waals surface area contributed by atoms with Gasteiger partial charge in [-0.15, -0.1) is 0 Å². The first kappa shape index (κ1) is 11.3. The molecule has 0 N–H and O–H groups in total. The smallest absolute Gasteiger partial charge is 0.192 e. The van der Waals surface area contributed by atoms with Crippen molar-refractivity contribution in [1.29, 1.82) is 0 Å². The second-order valence-electron chi connectivity index (χ2n) is 3.83. The molecular formula is C12H14F2NO. The molecule has 1 aromatic carbocycles. The molecule has 87 valence electrons. The molecule has 2 nitrogen and oxygen atoms in total. The van der Waals surface area contributed by atoms with E-state index in [-0.39, 0.29) is 12.5 Å². The second kappa shape index (κ2) is 5.25. The zero-order valence-corrected chi connectivity index (χ0v) is 8.96. The lowest BCUT2D eigenvalue weighted by Gasteiger charge is -2.26. The first-order valence-corrected chi connectivity index (χ1v) is 5.38. The van der Waals surface area contributed by atoms with E-state index in [1.165, 1.54) is 18.2 Å². The Hall–Kier alpha value is -1.16. The van der Waals surface area contributed by atoms with Crippen LogP contribution in [0.3, 0.4) is 0 Å². The molecule has 1 saturated heterocycles. The van der Waals surface area contributed by atoms with Crippen LogP contribution in [0.5, 0.6) is 5.75 Å². The average Bonchev–Trinajstić information content (AvgIpc) is 2.30. The molecule has 0 bridgehead atoms. The van der Waals surface area contributed by atoms with Gasteiger partial charge in [-0.2, -0.15) is 0 Å². The lowest BCUT2D eigenvalue weighted by Crippen LogP contribution is -2.33. The fraction of sp³-hybridized carbons (Fsp3) is 0.417. The number of piperidine rings is 1. The fourth-order valence-electron chi connectivity index (χ4n) is 1.72. The van der Waals surface area contributed by atoms with E-state index in [0.29, 0.717) is 0 Å². The highest BCUT2D eigenvalue weighted by Gasteiger charge is 2.14. The van der Waals surface area contributed by atoms with Crippen LogP contribution in [-0.4, -0.2) is 24.7 Å².